The number of carbonyl (C=O) groups excluding carboxylic acids is 2. The molecule has 1 amide bonds. The average Bonchev–Trinajstić information content (AvgIpc) is 2.58. The van der Waals surface area contributed by atoms with E-state index in [0.29, 0.717) is 23.4 Å². The SMILES string of the molecule is CCN(Cc1cccc(F)c1)C(=O)COC(=O)c1ccc(N)cc1. The van der Waals surface area contributed by atoms with Crippen molar-refractivity contribution in [2.45, 2.75) is 13.5 Å². The quantitative estimate of drug-likeness (QED) is 0.653. The van der Waals surface area contributed by atoms with Crippen molar-refractivity contribution < 1.29 is 18.7 Å². The molecule has 0 unspecified atom stereocenters. The first kappa shape index (κ1) is 17.5. The molecule has 0 aromatic heterocycles. The first-order valence-electron chi connectivity index (χ1n) is 7.54. The van der Waals surface area contributed by atoms with E-state index >= 15 is 0 Å². The Balaban J connectivity index is 1.92. The summed E-state index contributed by atoms with van der Waals surface area (Å²) in [7, 11) is 0. The van der Waals surface area contributed by atoms with Crippen LogP contribution in [-0.2, 0) is 16.1 Å². The molecule has 0 spiro atoms. The monoisotopic (exact) mass is 330 g/mol. The number of anilines is 1. The van der Waals surface area contributed by atoms with Gasteiger partial charge in [0.1, 0.15) is 5.82 Å². The van der Waals surface area contributed by atoms with Gasteiger partial charge in [0.2, 0.25) is 0 Å². The number of carbonyl (C=O) groups is 2. The zero-order chi connectivity index (χ0) is 17.5. The van der Waals surface area contributed by atoms with Gasteiger partial charge in [-0.25, -0.2) is 9.18 Å². The highest BCUT2D eigenvalue weighted by molar-refractivity contribution is 5.91. The van der Waals surface area contributed by atoms with E-state index in [-0.39, 0.29) is 24.9 Å². The summed E-state index contributed by atoms with van der Waals surface area (Å²) < 4.78 is 18.2. The highest BCUT2D eigenvalue weighted by Gasteiger charge is 2.16. The Kier molecular flexibility index (Phi) is 5.89. The van der Waals surface area contributed by atoms with Crippen LogP contribution >= 0.6 is 0 Å². The van der Waals surface area contributed by atoms with Crippen LogP contribution in [-0.4, -0.2) is 29.9 Å². The van der Waals surface area contributed by atoms with E-state index in [2.05, 4.69) is 0 Å². The second kappa shape index (κ2) is 8.10. The van der Waals surface area contributed by atoms with Crippen LogP contribution in [0.5, 0.6) is 0 Å². The normalized spacial score (nSPS) is 10.2. The zero-order valence-electron chi connectivity index (χ0n) is 13.4. The highest BCUT2D eigenvalue weighted by Crippen LogP contribution is 2.09. The van der Waals surface area contributed by atoms with Crippen molar-refractivity contribution >= 4 is 17.6 Å². The highest BCUT2D eigenvalue weighted by atomic mass is 19.1. The number of nitrogens with zero attached hydrogens (tertiary/aromatic N) is 1. The number of benzene rings is 2. The molecular formula is C18H19FN2O3. The number of rotatable bonds is 6. The van der Waals surface area contributed by atoms with Gasteiger partial charge in [-0.05, 0) is 48.9 Å². The number of esters is 1. The Labute approximate surface area is 139 Å². The molecule has 5 nitrogen and oxygen atoms in total. The average molecular weight is 330 g/mol. The third-order valence-electron chi connectivity index (χ3n) is 3.47. The molecule has 0 atom stereocenters. The minimum absolute atomic E-state index is 0.256. The fourth-order valence-corrected chi connectivity index (χ4v) is 2.15. The van der Waals surface area contributed by atoms with E-state index in [1.807, 2.05) is 0 Å². The summed E-state index contributed by atoms with van der Waals surface area (Å²) in [4.78, 5) is 25.6. The number of hydrogen-bond donors (Lipinski definition) is 1. The van der Waals surface area contributed by atoms with E-state index < -0.39 is 5.97 Å². The van der Waals surface area contributed by atoms with Crippen molar-refractivity contribution in [3.05, 3.63) is 65.5 Å². The maximum absolute atomic E-state index is 13.2. The summed E-state index contributed by atoms with van der Waals surface area (Å²) >= 11 is 0. The van der Waals surface area contributed by atoms with Gasteiger partial charge < -0.3 is 15.4 Å². The van der Waals surface area contributed by atoms with Crippen LogP contribution in [0.1, 0.15) is 22.8 Å². The molecule has 126 valence electrons. The summed E-state index contributed by atoms with van der Waals surface area (Å²) in [6.45, 7) is 2.12. The van der Waals surface area contributed by atoms with Crippen molar-refractivity contribution in [1.82, 2.24) is 4.90 Å². The van der Waals surface area contributed by atoms with Crippen molar-refractivity contribution in [2.24, 2.45) is 0 Å². The van der Waals surface area contributed by atoms with Crippen LogP contribution in [0.4, 0.5) is 10.1 Å². The number of likely N-dealkylation sites (N-methyl/N-ethyl adjacent to an activating group) is 1. The Morgan fingerprint density at radius 3 is 2.50 bits per heavy atom. The Bertz CT molecular complexity index is 716. The lowest BCUT2D eigenvalue weighted by molar-refractivity contribution is -0.134. The number of hydrogen-bond acceptors (Lipinski definition) is 4. The molecule has 0 aliphatic rings. The topological polar surface area (TPSA) is 72.6 Å². The molecule has 0 aliphatic carbocycles. The largest absolute Gasteiger partial charge is 0.452 e. The Hall–Kier alpha value is -2.89. The van der Waals surface area contributed by atoms with Gasteiger partial charge in [-0.3, -0.25) is 4.79 Å². The molecule has 0 heterocycles. The molecule has 2 aromatic rings. The first-order chi connectivity index (χ1) is 11.5. The number of amides is 1. The Morgan fingerprint density at radius 1 is 1.17 bits per heavy atom. The van der Waals surface area contributed by atoms with E-state index in [0.717, 1.165) is 0 Å². The van der Waals surface area contributed by atoms with Gasteiger partial charge in [0.25, 0.3) is 5.91 Å². The molecule has 0 aliphatic heterocycles. The second-order valence-corrected chi connectivity index (χ2v) is 5.24. The minimum atomic E-state index is -0.592. The molecule has 6 heteroatoms. The first-order valence-corrected chi connectivity index (χ1v) is 7.54. The van der Waals surface area contributed by atoms with Gasteiger partial charge in [-0.1, -0.05) is 12.1 Å². The summed E-state index contributed by atoms with van der Waals surface area (Å²) in [6.07, 6.45) is 0. The molecule has 24 heavy (non-hydrogen) atoms. The fourth-order valence-electron chi connectivity index (χ4n) is 2.15. The number of nitrogens with two attached hydrogens (primary N) is 1. The summed E-state index contributed by atoms with van der Waals surface area (Å²) in [5, 5.41) is 0. The maximum Gasteiger partial charge on any atom is 0.338 e. The molecule has 0 saturated heterocycles. The Morgan fingerprint density at radius 2 is 1.88 bits per heavy atom. The third-order valence-corrected chi connectivity index (χ3v) is 3.47. The van der Waals surface area contributed by atoms with E-state index in [4.69, 9.17) is 10.5 Å². The lowest BCUT2D eigenvalue weighted by Crippen LogP contribution is -2.34. The van der Waals surface area contributed by atoms with Gasteiger partial charge in [0, 0.05) is 18.8 Å². The van der Waals surface area contributed by atoms with Crippen molar-refractivity contribution in [3.63, 3.8) is 0 Å². The van der Waals surface area contributed by atoms with E-state index in [9.17, 15) is 14.0 Å². The van der Waals surface area contributed by atoms with Gasteiger partial charge >= 0.3 is 5.97 Å². The van der Waals surface area contributed by atoms with Gasteiger partial charge in [0.05, 0.1) is 5.56 Å². The summed E-state index contributed by atoms with van der Waals surface area (Å²) in [5.41, 5.74) is 7.09. The molecule has 2 rings (SSSR count). The van der Waals surface area contributed by atoms with Crippen LogP contribution < -0.4 is 5.73 Å². The van der Waals surface area contributed by atoms with E-state index in [1.165, 1.54) is 29.2 Å². The van der Waals surface area contributed by atoms with Crippen LogP contribution in [0.3, 0.4) is 0 Å². The molecule has 2 N–H and O–H groups in total. The maximum atomic E-state index is 13.2. The predicted octanol–water partition coefficient (Wildman–Crippen LogP) is 2.61. The molecular weight excluding hydrogens is 311 g/mol. The van der Waals surface area contributed by atoms with Crippen molar-refractivity contribution in [2.75, 3.05) is 18.9 Å². The molecule has 0 saturated carbocycles. The third kappa shape index (κ3) is 4.81. The summed E-state index contributed by atoms with van der Waals surface area (Å²) in [6, 6.07) is 12.3. The smallest absolute Gasteiger partial charge is 0.338 e. The van der Waals surface area contributed by atoms with E-state index in [1.54, 1.807) is 31.2 Å². The number of halogens is 1. The van der Waals surface area contributed by atoms with Gasteiger partial charge in [0.15, 0.2) is 6.61 Å². The van der Waals surface area contributed by atoms with Crippen LogP contribution in [0, 0.1) is 5.82 Å². The van der Waals surface area contributed by atoms with Crippen LogP contribution in [0.25, 0.3) is 0 Å². The number of ether oxygens (including phenoxy) is 1. The lowest BCUT2D eigenvalue weighted by Gasteiger charge is -2.21. The standard InChI is InChI=1S/C18H19FN2O3/c1-2-21(11-13-4-3-5-15(19)10-13)17(22)12-24-18(23)14-6-8-16(20)9-7-14/h3-10H,2,11-12,20H2,1H3. The van der Waals surface area contributed by atoms with Gasteiger partial charge in [-0.2, -0.15) is 0 Å². The number of nitrogen functional groups attached to an aromatic ring is 1. The molecule has 0 bridgehead atoms. The fraction of sp³-hybridized carbons (Fsp3) is 0.222. The van der Waals surface area contributed by atoms with Crippen molar-refractivity contribution in [3.8, 4) is 0 Å². The van der Waals surface area contributed by atoms with Crippen molar-refractivity contribution in [1.29, 1.82) is 0 Å². The molecule has 0 fully saturated rings. The second-order valence-electron chi connectivity index (χ2n) is 5.24. The lowest BCUT2D eigenvalue weighted by atomic mass is 10.2. The zero-order valence-corrected chi connectivity index (χ0v) is 13.4. The molecule has 0 radical (unpaired) electrons. The summed E-state index contributed by atoms with van der Waals surface area (Å²) in [5.74, 6) is -1.29. The minimum Gasteiger partial charge on any atom is -0.452 e. The molecule has 2 aromatic carbocycles. The van der Waals surface area contributed by atoms with Crippen LogP contribution in [0.2, 0.25) is 0 Å². The van der Waals surface area contributed by atoms with Crippen LogP contribution in [0.15, 0.2) is 48.5 Å². The van der Waals surface area contributed by atoms with Gasteiger partial charge in [-0.15, -0.1) is 0 Å². The predicted molar refractivity (Wildman–Crippen MR) is 88.6 cm³/mol.